The Balaban J connectivity index is 2.49. The van der Waals surface area contributed by atoms with Crippen LogP contribution in [-0.4, -0.2) is 32.3 Å². The number of hydrogen-bond acceptors (Lipinski definition) is 4. The molecule has 1 aliphatic heterocycles. The summed E-state index contributed by atoms with van der Waals surface area (Å²) in [6.45, 7) is 1.10. The van der Waals surface area contributed by atoms with Crippen LogP contribution < -0.4 is 5.73 Å². The molecule has 2 atom stereocenters. The third-order valence-electron chi connectivity index (χ3n) is 1.95. The predicted octanol–water partition coefficient (Wildman–Crippen LogP) is -0.477. The highest BCUT2D eigenvalue weighted by atomic mass is 16.6. The lowest BCUT2D eigenvalue weighted by atomic mass is 10.0. The van der Waals surface area contributed by atoms with E-state index in [2.05, 4.69) is 4.74 Å². The summed E-state index contributed by atoms with van der Waals surface area (Å²) in [4.78, 5) is 11.0. The fourth-order valence-corrected chi connectivity index (χ4v) is 1.25. The van der Waals surface area contributed by atoms with Crippen LogP contribution in [0.3, 0.4) is 0 Å². The van der Waals surface area contributed by atoms with Gasteiger partial charge >= 0.3 is 5.97 Å². The third kappa shape index (κ3) is 1.70. The molecular formula is C7H13NO3. The van der Waals surface area contributed by atoms with Crippen molar-refractivity contribution in [2.75, 3.05) is 20.3 Å². The van der Waals surface area contributed by atoms with E-state index in [1.165, 1.54) is 7.11 Å². The van der Waals surface area contributed by atoms with Crippen LogP contribution >= 0.6 is 0 Å². The van der Waals surface area contributed by atoms with Crippen LogP contribution in [0.4, 0.5) is 0 Å². The highest BCUT2D eigenvalue weighted by Crippen LogP contribution is 2.20. The molecular weight excluding hydrogens is 146 g/mol. The molecule has 0 aliphatic carbocycles. The monoisotopic (exact) mass is 159 g/mol. The van der Waals surface area contributed by atoms with Crippen LogP contribution in [0.15, 0.2) is 0 Å². The van der Waals surface area contributed by atoms with Crippen LogP contribution in [0.5, 0.6) is 0 Å². The fraction of sp³-hybridized carbons (Fsp3) is 0.857. The van der Waals surface area contributed by atoms with Gasteiger partial charge in [0.25, 0.3) is 0 Å². The first-order valence-electron chi connectivity index (χ1n) is 3.69. The highest BCUT2D eigenvalue weighted by molar-refractivity contribution is 5.75. The second-order valence-electron chi connectivity index (χ2n) is 2.60. The number of hydrogen-bond donors (Lipinski definition) is 1. The molecule has 1 fully saturated rings. The van der Waals surface area contributed by atoms with Gasteiger partial charge in [-0.25, -0.2) is 4.79 Å². The van der Waals surface area contributed by atoms with E-state index in [1.54, 1.807) is 0 Å². The summed E-state index contributed by atoms with van der Waals surface area (Å²) < 4.78 is 9.70. The fourth-order valence-electron chi connectivity index (χ4n) is 1.25. The molecule has 1 aliphatic rings. The van der Waals surface area contributed by atoms with Crippen molar-refractivity contribution in [1.82, 2.24) is 0 Å². The minimum Gasteiger partial charge on any atom is -0.467 e. The molecule has 2 N–H and O–H groups in total. The maximum absolute atomic E-state index is 11.0. The van der Waals surface area contributed by atoms with Gasteiger partial charge in [-0.1, -0.05) is 0 Å². The Labute approximate surface area is 65.7 Å². The van der Waals surface area contributed by atoms with Gasteiger partial charge in [0, 0.05) is 12.5 Å². The van der Waals surface area contributed by atoms with Crippen molar-refractivity contribution in [3.63, 3.8) is 0 Å². The van der Waals surface area contributed by atoms with Crippen molar-refractivity contribution in [2.24, 2.45) is 11.7 Å². The van der Waals surface area contributed by atoms with Gasteiger partial charge in [0.05, 0.1) is 7.11 Å². The zero-order valence-corrected chi connectivity index (χ0v) is 6.58. The normalized spacial score (nSPS) is 30.4. The SMILES string of the molecule is COC(=O)C1OCCC1CN. The molecule has 0 amide bonds. The maximum atomic E-state index is 11.0. The Morgan fingerprint density at radius 3 is 3.09 bits per heavy atom. The van der Waals surface area contributed by atoms with Crippen molar-refractivity contribution in [1.29, 1.82) is 0 Å². The van der Waals surface area contributed by atoms with E-state index < -0.39 is 6.10 Å². The van der Waals surface area contributed by atoms with Gasteiger partial charge in [0.15, 0.2) is 6.10 Å². The third-order valence-corrected chi connectivity index (χ3v) is 1.95. The van der Waals surface area contributed by atoms with Crippen LogP contribution in [0.1, 0.15) is 6.42 Å². The number of rotatable bonds is 2. The van der Waals surface area contributed by atoms with Crippen molar-refractivity contribution < 1.29 is 14.3 Å². The second-order valence-corrected chi connectivity index (χ2v) is 2.60. The van der Waals surface area contributed by atoms with Crippen molar-refractivity contribution >= 4 is 5.97 Å². The largest absolute Gasteiger partial charge is 0.467 e. The standard InChI is InChI=1S/C7H13NO3/c1-10-7(9)6-5(4-8)2-3-11-6/h5-6H,2-4,8H2,1H3. The van der Waals surface area contributed by atoms with Gasteiger partial charge in [-0.15, -0.1) is 0 Å². The van der Waals surface area contributed by atoms with Crippen molar-refractivity contribution in [2.45, 2.75) is 12.5 Å². The Morgan fingerprint density at radius 2 is 2.55 bits per heavy atom. The average Bonchev–Trinajstić information content (AvgIpc) is 2.50. The topological polar surface area (TPSA) is 61.5 Å². The van der Waals surface area contributed by atoms with E-state index >= 15 is 0 Å². The molecule has 2 unspecified atom stereocenters. The van der Waals surface area contributed by atoms with Gasteiger partial charge in [-0.3, -0.25) is 0 Å². The molecule has 1 heterocycles. The summed E-state index contributed by atoms with van der Waals surface area (Å²) in [5, 5.41) is 0. The van der Waals surface area contributed by atoms with E-state index in [0.29, 0.717) is 13.2 Å². The number of carbonyl (C=O) groups is 1. The molecule has 1 rings (SSSR count). The molecule has 1 saturated heterocycles. The van der Waals surface area contributed by atoms with E-state index in [0.717, 1.165) is 6.42 Å². The van der Waals surface area contributed by atoms with Gasteiger partial charge < -0.3 is 15.2 Å². The van der Waals surface area contributed by atoms with Gasteiger partial charge in [0.2, 0.25) is 0 Å². The zero-order valence-electron chi connectivity index (χ0n) is 6.58. The molecule has 0 spiro atoms. The quantitative estimate of drug-likeness (QED) is 0.553. The zero-order chi connectivity index (χ0) is 8.27. The Hall–Kier alpha value is -0.610. The summed E-state index contributed by atoms with van der Waals surface area (Å²) in [7, 11) is 1.36. The smallest absolute Gasteiger partial charge is 0.335 e. The molecule has 0 aromatic heterocycles. The maximum Gasteiger partial charge on any atom is 0.335 e. The van der Waals surface area contributed by atoms with Crippen molar-refractivity contribution in [3.05, 3.63) is 0 Å². The van der Waals surface area contributed by atoms with Gasteiger partial charge in [-0.05, 0) is 13.0 Å². The lowest BCUT2D eigenvalue weighted by molar-refractivity contribution is -0.152. The first-order chi connectivity index (χ1) is 5.29. The molecule has 4 heteroatoms. The molecule has 0 aromatic carbocycles. The average molecular weight is 159 g/mol. The lowest BCUT2D eigenvalue weighted by Crippen LogP contribution is -2.32. The summed E-state index contributed by atoms with van der Waals surface area (Å²) in [6.07, 6.45) is 0.431. The summed E-state index contributed by atoms with van der Waals surface area (Å²) in [5.41, 5.74) is 5.43. The van der Waals surface area contributed by atoms with Gasteiger partial charge in [0.1, 0.15) is 0 Å². The molecule has 0 saturated carbocycles. The summed E-state index contributed by atoms with van der Waals surface area (Å²) >= 11 is 0. The number of nitrogens with two attached hydrogens (primary N) is 1. The predicted molar refractivity (Wildman–Crippen MR) is 38.9 cm³/mol. The van der Waals surface area contributed by atoms with Gasteiger partial charge in [-0.2, -0.15) is 0 Å². The molecule has 0 radical (unpaired) electrons. The minimum atomic E-state index is -0.426. The Kier molecular flexibility index (Phi) is 2.84. The Morgan fingerprint density at radius 1 is 1.82 bits per heavy atom. The van der Waals surface area contributed by atoms with Crippen LogP contribution in [-0.2, 0) is 14.3 Å². The van der Waals surface area contributed by atoms with E-state index in [4.69, 9.17) is 10.5 Å². The molecule has 0 aromatic rings. The van der Waals surface area contributed by atoms with Crippen LogP contribution in [0.25, 0.3) is 0 Å². The number of methoxy groups -OCH3 is 1. The van der Waals surface area contributed by atoms with E-state index in [-0.39, 0.29) is 11.9 Å². The van der Waals surface area contributed by atoms with E-state index in [9.17, 15) is 4.79 Å². The highest BCUT2D eigenvalue weighted by Gasteiger charge is 2.33. The molecule has 4 nitrogen and oxygen atoms in total. The van der Waals surface area contributed by atoms with Crippen molar-refractivity contribution in [3.8, 4) is 0 Å². The molecule has 11 heavy (non-hydrogen) atoms. The molecule has 64 valence electrons. The van der Waals surface area contributed by atoms with Crippen LogP contribution in [0, 0.1) is 5.92 Å². The minimum absolute atomic E-state index is 0.141. The lowest BCUT2D eigenvalue weighted by Gasteiger charge is -2.13. The number of esters is 1. The number of carbonyl (C=O) groups excluding carboxylic acids is 1. The summed E-state index contributed by atoms with van der Waals surface area (Å²) in [6, 6.07) is 0. The number of ether oxygens (including phenoxy) is 2. The Bertz CT molecular complexity index is 149. The first-order valence-corrected chi connectivity index (χ1v) is 3.69. The van der Waals surface area contributed by atoms with Crippen LogP contribution in [0.2, 0.25) is 0 Å². The van der Waals surface area contributed by atoms with E-state index in [1.807, 2.05) is 0 Å². The second kappa shape index (κ2) is 3.69. The summed E-state index contributed by atoms with van der Waals surface area (Å²) in [5.74, 6) is -0.166. The first kappa shape index (κ1) is 8.49. The molecule has 0 bridgehead atoms.